The van der Waals surface area contributed by atoms with Crippen LogP contribution >= 0.6 is 0 Å². The number of carbonyl (C=O) groups excluding carboxylic acids is 3. The molecule has 0 radical (unpaired) electrons. The van der Waals surface area contributed by atoms with Crippen LogP contribution in [0, 0.1) is 0 Å². The smallest absolute Gasteiger partial charge is 0.408 e. The van der Waals surface area contributed by atoms with E-state index in [4.69, 9.17) is 4.74 Å². The van der Waals surface area contributed by atoms with E-state index in [0.29, 0.717) is 18.7 Å². The second kappa shape index (κ2) is 8.51. The fraction of sp³-hybridized carbons (Fsp3) is 0.409. The van der Waals surface area contributed by atoms with Crippen LogP contribution in [0.15, 0.2) is 42.5 Å². The highest BCUT2D eigenvalue weighted by molar-refractivity contribution is 5.99. The molecule has 1 heterocycles. The Morgan fingerprint density at radius 1 is 1.10 bits per heavy atom. The van der Waals surface area contributed by atoms with Gasteiger partial charge in [-0.05, 0) is 56.5 Å². The average molecular weight is 397 g/mol. The lowest BCUT2D eigenvalue weighted by atomic mass is 10.1. The van der Waals surface area contributed by atoms with E-state index in [9.17, 15) is 14.4 Å². The largest absolute Gasteiger partial charge is 0.444 e. The summed E-state index contributed by atoms with van der Waals surface area (Å²) >= 11 is 0. The Labute approximate surface area is 170 Å². The number of nitrogens with one attached hydrogen (secondary N) is 2. The van der Waals surface area contributed by atoms with Crippen LogP contribution in [0.1, 0.15) is 33.6 Å². The predicted octanol–water partition coefficient (Wildman–Crippen LogP) is 3.29. The van der Waals surface area contributed by atoms with E-state index in [0.717, 1.165) is 17.2 Å². The summed E-state index contributed by atoms with van der Waals surface area (Å²) in [5.74, 6) is -0.518. The molecular weight excluding hydrogens is 370 g/mol. The number of amides is 3. The Morgan fingerprint density at radius 3 is 2.55 bits per heavy atom. The first kappa shape index (κ1) is 20.6. The number of nitrogens with zero attached hydrogens (tertiary/aromatic N) is 1. The summed E-state index contributed by atoms with van der Waals surface area (Å²) in [5, 5.41) is 7.50. The van der Waals surface area contributed by atoms with Crippen LogP contribution in [-0.2, 0) is 14.3 Å². The second-order valence-corrected chi connectivity index (χ2v) is 8.15. The summed E-state index contributed by atoms with van der Waals surface area (Å²) in [6.45, 7) is 5.55. The van der Waals surface area contributed by atoms with Gasteiger partial charge in [-0.1, -0.05) is 30.3 Å². The fourth-order valence-electron chi connectivity index (χ4n) is 3.39. The topological polar surface area (TPSA) is 87.7 Å². The molecule has 1 fully saturated rings. The first-order valence-corrected chi connectivity index (χ1v) is 9.79. The van der Waals surface area contributed by atoms with Crippen molar-refractivity contribution < 1.29 is 19.1 Å². The van der Waals surface area contributed by atoms with Crippen LogP contribution in [0.25, 0.3) is 10.8 Å². The summed E-state index contributed by atoms with van der Waals surface area (Å²) in [7, 11) is 0. The second-order valence-electron chi connectivity index (χ2n) is 8.15. The van der Waals surface area contributed by atoms with Crippen molar-refractivity contribution in [2.24, 2.45) is 0 Å². The average Bonchev–Trinajstić information content (AvgIpc) is 3.15. The van der Waals surface area contributed by atoms with Crippen molar-refractivity contribution in [3.8, 4) is 0 Å². The number of ether oxygens (including phenoxy) is 1. The minimum absolute atomic E-state index is 0.200. The van der Waals surface area contributed by atoms with Crippen LogP contribution in [0.4, 0.5) is 10.5 Å². The molecule has 3 rings (SSSR count). The zero-order valence-corrected chi connectivity index (χ0v) is 17.0. The standard InChI is InChI=1S/C22H27N3O4/c1-22(2,3)29-21(28)23-14-19(26)25-12-6-9-18(25)20(27)24-17-11-10-15-7-4-5-8-16(15)13-17/h4-5,7-8,10-11,13,18H,6,9,12,14H2,1-3H3,(H,23,28)(H,24,27). The normalized spacial score (nSPS) is 16.5. The molecule has 7 nitrogen and oxygen atoms in total. The lowest BCUT2D eigenvalue weighted by Crippen LogP contribution is -2.47. The quantitative estimate of drug-likeness (QED) is 0.829. The molecule has 0 bridgehead atoms. The Balaban J connectivity index is 1.59. The van der Waals surface area contributed by atoms with Gasteiger partial charge in [0.15, 0.2) is 0 Å². The van der Waals surface area contributed by atoms with Crippen molar-refractivity contribution in [1.29, 1.82) is 0 Å². The van der Waals surface area contributed by atoms with Gasteiger partial charge in [0, 0.05) is 12.2 Å². The van der Waals surface area contributed by atoms with Crippen LogP contribution in [-0.4, -0.2) is 47.5 Å². The Hall–Kier alpha value is -3.09. The van der Waals surface area contributed by atoms with Gasteiger partial charge >= 0.3 is 6.09 Å². The molecule has 0 spiro atoms. The first-order valence-electron chi connectivity index (χ1n) is 9.79. The maximum absolute atomic E-state index is 12.8. The SMILES string of the molecule is CC(C)(C)OC(=O)NCC(=O)N1CCCC1C(=O)Nc1ccc2ccccc2c1. The summed E-state index contributed by atoms with van der Waals surface area (Å²) in [4.78, 5) is 38.6. The Morgan fingerprint density at radius 2 is 1.83 bits per heavy atom. The van der Waals surface area contributed by atoms with E-state index in [1.165, 1.54) is 4.90 Å². The summed E-state index contributed by atoms with van der Waals surface area (Å²) in [6, 6.07) is 13.1. The summed E-state index contributed by atoms with van der Waals surface area (Å²) < 4.78 is 5.14. The minimum Gasteiger partial charge on any atom is -0.444 e. The third-order valence-corrected chi connectivity index (χ3v) is 4.68. The highest BCUT2D eigenvalue weighted by Crippen LogP contribution is 2.22. The monoisotopic (exact) mass is 397 g/mol. The van der Waals surface area contributed by atoms with Crippen LogP contribution < -0.4 is 10.6 Å². The molecule has 1 unspecified atom stereocenters. The molecule has 3 amide bonds. The van der Waals surface area contributed by atoms with E-state index in [-0.39, 0.29) is 18.4 Å². The third-order valence-electron chi connectivity index (χ3n) is 4.68. The first-order chi connectivity index (χ1) is 13.7. The lowest BCUT2D eigenvalue weighted by Gasteiger charge is -2.25. The van der Waals surface area contributed by atoms with Gasteiger partial charge in [-0.2, -0.15) is 0 Å². The van der Waals surface area contributed by atoms with Crippen molar-refractivity contribution in [1.82, 2.24) is 10.2 Å². The van der Waals surface area contributed by atoms with Gasteiger partial charge in [0.1, 0.15) is 18.2 Å². The van der Waals surface area contributed by atoms with Crippen molar-refractivity contribution in [3.63, 3.8) is 0 Å². The van der Waals surface area contributed by atoms with Crippen molar-refractivity contribution in [2.75, 3.05) is 18.4 Å². The summed E-state index contributed by atoms with van der Waals surface area (Å²) in [6.07, 6.45) is 0.688. The van der Waals surface area contributed by atoms with E-state index in [1.54, 1.807) is 20.8 Å². The molecule has 2 aromatic carbocycles. The number of hydrogen-bond acceptors (Lipinski definition) is 4. The zero-order valence-electron chi connectivity index (χ0n) is 17.0. The van der Waals surface area contributed by atoms with Crippen molar-refractivity contribution in [2.45, 2.75) is 45.3 Å². The van der Waals surface area contributed by atoms with Gasteiger partial charge in [-0.25, -0.2) is 4.79 Å². The fourth-order valence-corrected chi connectivity index (χ4v) is 3.39. The number of benzene rings is 2. The van der Waals surface area contributed by atoms with Gasteiger partial charge in [0.2, 0.25) is 11.8 Å². The minimum atomic E-state index is -0.651. The Kier molecular flexibility index (Phi) is 6.06. The molecule has 1 atom stereocenters. The third kappa shape index (κ3) is 5.47. The highest BCUT2D eigenvalue weighted by Gasteiger charge is 2.34. The number of hydrogen-bond donors (Lipinski definition) is 2. The molecule has 154 valence electrons. The zero-order chi connectivity index (χ0) is 21.0. The number of likely N-dealkylation sites (tertiary alicyclic amines) is 1. The van der Waals surface area contributed by atoms with Crippen LogP contribution in [0.5, 0.6) is 0 Å². The predicted molar refractivity (Wildman–Crippen MR) is 112 cm³/mol. The maximum atomic E-state index is 12.8. The van der Waals surface area contributed by atoms with Crippen molar-refractivity contribution in [3.05, 3.63) is 42.5 Å². The van der Waals surface area contributed by atoms with Gasteiger partial charge in [-0.15, -0.1) is 0 Å². The summed E-state index contributed by atoms with van der Waals surface area (Å²) in [5.41, 5.74) is 0.0585. The molecule has 7 heteroatoms. The van der Waals surface area contributed by atoms with Crippen molar-refractivity contribution >= 4 is 34.4 Å². The number of fused-ring (bicyclic) bond motifs is 1. The van der Waals surface area contributed by atoms with Gasteiger partial charge in [0.05, 0.1) is 0 Å². The molecule has 2 aromatic rings. The van der Waals surface area contributed by atoms with Gasteiger partial charge in [-0.3, -0.25) is 9.59 Å². The number of anilines is 1. The van der Waals surface area contributed by atoms with E-state index in [1.807, 2.05) is 42.5 Å². The molecule has 1 saturated heterocycles. The number of alkyl carbamates (subject to hydrolysis) is 1. The maximum Gasteiger partial charge on any atom is 0.408 e. The molecule has 2 N–H and O–H groups in total. The number of rotatable bonds is 4. The molecule has 29 heavy (non-hydrogen) atoms. The van der Waals surface area contributed by atoms with Crippen LogP contribution in [0.3, 0.4) is 0 Å². The highest BCUT2D eigenvalue weighted by atomic mass is 16.6. The number of carbonyl (C=O) groups is 3. The molecule has 0 aromatic heterocycles. The lowest BCUT2D eigenvalue weighted by molar-refractivity contribution is -0.135. The van der Waals surface area contributed by atoms with Crippen LogP contribution in [0.2, 0.25) is 0 Å². The molecule has 1 aliphatic heterocycles. The molecule has 1 aliphatic rings. The molecule has 0 saturated carbocycles. The van der Waals surface area contributed by atoms with E-state index in [2.05, 4.69) is 10.6 Å². The molecular formula is C22H27N3O4. The van der Waals surface area contributed by atoms with Gasteiger partial charge < -0.3 is 20.3 Å². The molecule has 0 aliphatic carbocycles. The Bertz CT molecular complexity index is 920. The van der Waals surface area contributed by atoms with E-state index < -0.39 is 17.7 Å². The van der Waals surface area contributed by atoms with Gasteiger partial charge in [0.25, 0.3) is 0 Å². The van der Waals surface area contributed by atoms with E-state index >= 15 is 0 Å².